The molecular formula is C26H30N4O4. The van der Waals surface area contributed by atoms with Crippen LogP contribution in [0.5, 0.6) is 5.75 Å². The summed E-state index contributed by atoms with van der Waals surface area (Å²) >= 11 is 0. The van der Waals surface area contributed by atoms with Crippen LogP contribution in [0.15, 0.2) is 64.2 Å². The zero-order chi connectivity index (χ0) is 24.2. The highest BCUT2D eigenvalue weighted by Crippen LogP contribution is 2.24. The van der Waals surface area contributed by atoms with E-state index in [1.165, 1.54) is 7.05 Å². The van der Waals surface area contributed by atoms with E-state index in [9.17, 15) is 14.4 Å². The van der Waals surface area contributed by atoms with Crippen molar-refractivity contribution in [1.82, 2.24) is 14.5 Å². The van der Waals surface area contributed by atoms with E-state index in [0.717, 1.165) is 21.6 Å². The third-order valence-electron chi connectivity index (χ3n) is 6.49. The van der Waals surface area contributed by atoms with Crippen molar-refractivity contribution in [2.45, 2.75) is 26.3 Å². The first kappa shape index (κ1) is 23.4. The van der Waals surface area contributed by atoms with Gasteiger partial charge in [-0.05, 0) is 49.6 Å². The number of amides is 1. The molecule has 1 aliphatic rings. The van der Waals surface area contributed by atoms with E-state index in [-0.39, 0.29) is 23.1 Å². The fourth-order valence-corrected chi connectivity index (χ4v) is 4.49. The molecule has 0 atom stereocenters. The molecule has 1 fully saturated rings. The Morgan fingerprint density at radius 3 is 2.29 bits per heavy atom. The summed E-state index contributed by atoms with van der Waals surface area (Å²) < 4.78 is 7.89. The summed E-state index contributed by atoms with van der Waals surface area (Å²) in [5.74, 6) is 0.690. The molecule has 1 amide bonds. The molecule has 1 aromatic heterocycles. The lowest BCUT2D eigenvalue weighted by atomic mass is 9.95. The van der Waals surface area contributed by atoms with Crippen LogP contribution in [0.1, 0.15) is 24.1 Å². The van der Waals surface area contributed by atoms with Crippen molar-refractivity contribution in [3.05, 3.63) is 86.7 Å². The Morgan fingerprint density at radius 1 is 1.03 bits per heavy atom. The Balaban J connectivity index is 1.46. The molecule has 2 heterocycles. The van der Waals surface area contributed by atoms with Crippen LogP contribution in [-0.2, 0) is 18.4 Å². The van der Waals surface area contributed by atoms with Crippen LogP contribution in [0.25, 0.3) is 5.69 Å². The molecule has 2 aromatic carbocycles. The zero-order valence-electron chi connectivity index (χ0n) is 19.8. The normalized spacial score (nSPS) is 14.1. The number of hydrogen-bond acceptors (Lipinski definition) is 5. The molecule has 1 N–H and O–H groups in total. The van der Waals surface area contributed by atoms with E-state index in [1.54, 1.807) is 18.6 Å². The zero-order valence-corrected chi connectivity index (χ0v) is 19.8. The summed E-state index contributed by atoms with van der Waals surface area (Å²) in [7, 11) is 3.13. The molecule has 4 rings (SSSR count). The van der Waals surface area contributed by atoms with Gasteiger partial charge in [-0.25, -0.2) is 4.79 Å². The van der Waals surface area contributed by atoms with E-state index in [1.807, 2.05) is 59.5 Å². The molecule has 0 aliphatic carbocycles. The van der Waals surface area contributed by atoms with Gasteiger partial charge in [-0.15, -0.1) is 0 Å². The molecule has 1 aliphatic heterocycles. The maximum Gasteiger partial charge on any atom is 0.335 e. The number of carbonyl (C=O) groups is 1. The monoisotopic (exact) mass is 462 g/mol. The van der Waals surface area contributed by atoms with Gasteiger partial charge in [-0.1, -0.05) is 30.3 Å². The summed E-state index contributed by atoms with van der Waals surface area (Å²) in [6.45, 7) is 3.41. The number of benzene rings is 2. The second-order valence-electron chi connectivity index (χ2n) is 8.58. The molecule has 0 spiro atoms. The van der Waals surface area contributed by atoms with Crippen molar-refractivity contribution in [1.29, 1.82) is 0 Å². The Hall–Kier alpha value is -3.81. The molecular weight excluding hydrogens is 432 g/mol. The summed E-state index contributed by atoms with van der Waals surface area (Å²) in [6, 6.07) is 16.9. The van der Waals surface area contributed by atoms with Gasteiger partial charge in [0.25, 0.3) is 5.56 Å². The quantitative estimate of drug-likeness (QED) is 0.608. The smallest absolute Gasteiger partial charge is 0.335 e. The number of anilines is 1. The highest BCUT2D eigenvalue weighted by Gasteiger charge is 2.28. The number of para-hydroxylation sites is 1. The molecule has 34 heavy (non-hydrogen) atoms. The van der Waals surface area contributed by atoms with E-state index < -0.39 is 0 Å². The topological polar surface area (TPSA) is 85.6 Å². The minimum atomic E-state index is -0.370. The third-order valence-corrected chi connectivity index (χ3v) is 6.49. The number of ether oxygens (including phenoxy) is 1. The molecule has 3 aromatic rings. The SMILES string of the molecule is COc1ccc(CNC(=O)C2CCN(c3c(C)n(-c4ccccc4)c(=O)n(C)c3=O)CC2)cc1. The van der Waals surface area contributed by atoms with Crippen molar-refractivity contribution in [2.75, 3.05) is 25.1 Å². The molecule has 0 saturated carbocycles. The summed E-state index contributed by atoms with van der Waals surface area (Å²) in [5, 5.41) is 3.02. The van der Waals surface area contributed by atoms with E-state index in [4.69, 9.17) is 4.74 Å². The maximum absolute atomic E-state index is 13.0. The first-order chi connectivity index (χ1) is 16.4. The van der Waals surface area contributed by atoms with Crippen LogP contribution in [-0.4, -0.2) is 35.2 Å². The van der Waals surface area contributed by atoms with Gasteiger partial charge in [0.1, 0.15) is 11.4 Å². The lowest BCUT2D eigenvalue weighted by Crippen LogP contribution is -2.46. The average molecular weight is 463 g/mol. The average Bonchev–Trinajstić information content (AvgIpc) is 2.87. The van der Waals surface area contributed by atoms with Crippen molar-refractivity contribution in [3.63, 3.8) is 0 Å². The van der Waals surface area contributed by atoms with Gasteiger partial charge < -0.3 is 15.0 Å². The minimum Gasteiger partial charge on any atom is -0.497 e. The van der Waals surface area contributed by atoms with Crippen LogP contribution in [0.2, 0.25) is 0 Å². The van der Waals surface area contributed by atoms with Crippen LogP contribution in [0, 0.1) is 12.8 Å². The summed E-state index contributed by atoms with van der Waals surface area (Å²) in [5.41, 5.74) is 2.18. The number of methoxy groups -OCH3 is 1. The molecule has 0 radical (unpaired) electrons. The molecule has 0 unspecified atom stereocenters. The van der Waals surface area contributed by atoms with Crippen LogP contribution in [0.3, 0.4) is 0 Å². The van der Waals surface area contributed by atoms with Crippen molar-refractivity contribution < 1.29 is 9.53 Å². The van der Waals surface area contributed by atoms with Crippen LogP contribution in [0.4, 0.5) is 5.69 Å². The Bertz CT molecular complexity index is 1270. The lowest BCUT2D eigenvalue weighted by molar-refractivity contribution is -0.125. The van der Waals surface area contributed by atoms with Crippen molar-refractivity contribution >= 4 is 11.6 Å². The molecule has 0 bridgehead atoms. The number of piperidine rings is 1. The van der Waals surface area contributed by atoms with Crippen LogP contribution < -0.4 is 26.2 Å². The number of nitrogens with zero attached hydrogens (tertiary/aromatic N) is 3. The van der Waals surface area contributed by atoms with Gasteiger partial charge in [0.15, 0.2) is 0 Å². The number of hydrogen-bond donors (Lipinski definition) is 1. The highest BCUT2D eigenvalue weighted by molar-refractivity contribution is 5.79. The predicted molar refractivity (Wildman–Crippen MR) is 132 cm³/mol. The third kappa shape index (κ3) is 4.62. The Kier molecular flexibility index (Phi) is 6.86. The number of rotatable bonds is 6. The van der Waals surface area contributed by atoms with Gasteiger partial charge in [-0.3, -0.25) is 18.7 Å². The largest absolute Gasteiger partial charge is 0.497 e. The molecule has 8 heteroatoms. The lowest BCUT2D eigenvalue weighted by Gasteiger charge is -2.34. The maximum atomic E-state index is 13.0. The van der Waals surface area contributed by atoms with Gasteiger partial charge in [0.2, 0.25) is 5.91 Å². The van der Waals surface area contributed by atoms with Crippen molar-refractivity contribution in [2.24, 2.45) is 13.0 Å². The number of aromatic nitrogens is 2. The minimum absolute atomic E-state index is 0.0225. The summed E-state index contributed by atoms with van der Waals surface area (Å²) in [4.78, 5) is 40.6. The van der Waals surface area contributed by atoms with Gasteiger partial charge in [0, 0.05) is 32.6 Å². The Labute approximate surface area is 198 Å². The predicted octanol–water partition coefficient (Wildman–Crippen LogP) is 2.39. The van der Waals surface area contributed by atoms with E-state index >= 15 is 0 Å². The number of nitrogens with one attached hydrogen (secondary N) is 1. The van der Waals surface area contributed by atoms with Gasteiger partial charge in [-0.2, -0.15) is 0 Å². The number of carbonyl (C=O) groups excluding carboxylic acids is 1. The Morgan fingerprint density at radius 2 is 1.68 bits per heavy atom. The van der Waals surface area contributed by atoms with Gasteiger partial charge in [0.05, 0.1) is 18.5 Å². The molecule has 178 valence electrons. The van der Waals surface area contributed by atoms with Crippen molar-refractivity contribution in [3.8, 4) is 11.4 Å². The standard InChI is InChI=1S/C26H30N4O4/c1-18-23(25(32)28(2)26(33)30(18)21-7-5-4-6-8-21)29-15-13-20(14-16-29)24(31)27-17-19-9-11-22(34-3)12-10-19/h4-12,20H,13-17H2,1-3H3,(H,27,31). The second-order valence-corrected chi connectivity index (χ2v) is 8.58. The molecule has 8 nitrogen and oxygen atoms in total. The first-order valence-corrected chi connectivity index (χ1v) is 11.4. The van der Waals surface area contributed by atoms with Crippen LogP contribution >= 0.6 is 0 Å². The van der Waals surface area contributed by atoms with E-state index in [0.29, 0.717) is 43.9 Å². The first-order valence-electron chi connectivity index (χ1n) is 11.4. The fourth-order valence-electron chi connectivity index (χ4n) is 4.49. The van der Waals surface area contributed by atoms with E-state index in [2.05, 4.69) is 5.32 Å². The molecule has 1 saturated heterocycles. The van der Waals surface area contributed by atoms with Gasteiger partial charge >= 0.3 is 5.69 Å². The highest BCUT2D eigenvalue weighted by atomic mass is 16.5. The second kappa shape index (κ2) is 9.99. The summed E-state index contributed by atoms with van der Waals surface area (Å²) in [6.07, 6.45) is 1.28. The fraction of sp³-hybridized carbons (Fsp3) is 0.346.